The van der Waals surface area contributed by atoms with E-state index in [4.69, 9.17) is 14.0 Å². The van der Waals surface area contributed by atoms with Gasteiger partial charge in [-0.3, -0.25) is 0 Å². The van der Waals surface area contributed by atoms with Crippen LogP contribution in [0.25, 0.3) is 0 Å². The Bertz CT molecular complexity index is 534. The lowest BCUT2D eigenvalue weighted by molar-refractivity contribution is -0.0532. The van der Waals surface area contributed by atoms with E-state index in [-0.39, 0.29) is 18.9 Å². The molecule has 3 rings (SSSR count). The molecule has 2 fully saturated rings. The molecule has 1 aromatic rings. The smallest absolute Gasteiger partial charge is 0.248 e. The number of hydrogen-bond acceptors (Lipinski definition) is 5. The fourth-order valence-corrected chi connectivity index (χ4v) is 3.60. The van der Waals surface area contributed by atoms with Gasteiger partial charge >= 0.3 is 0 Å². The van der Waals surface area contributed by atoms with E-state index in [2.05, 4.69) is 10.1 Å². The molecule has 7 heteroatoms. The van der Waals surface area contributed by atoms with Gasteiger partial charge in [0.25, 0.3) is 0 Å². The third-order valence-corrected chi connectivity index (χ3v) is 5.34. The summed E-state index contributed by atoms with van der Waals surface area (Å²) in [5.74, 6) is -1.27. The van der Waals surface area contributed by atoms with Gasteiger partial charge in [-0.2, -0.15) is 4.98 Å². The fourth-order valence-electron chi connectivity index (χ4n) is 3.60. The minimum atomic E-state index is -2.57. The predicted octanol–water partition coefficient (Wildman–Crippen LogP) is 4.04. The summed E-state index contributed by atoms with van der Waals surface area (Å²) in [6, 6.07) is 0. The highest BCUT2D eigenvalue weighted by atomic mass is 19.3. The van der Waals surface area contributed by atoms with Crippen LogP contribution in [0, 0.1) is 5.92 Å². The van der Waals surface area contributed by atoms with Gasteiger partial charge in [0.15, 0.2) is 0 Å². The van der Waals surface area contributed by atoms with Gasteiger partial charge in [0.1, 0.15) is 6.10 Å². The normalized spacial score (nSPS) is 25.5. The highest BCUT2D eigenvalue weighted by Crippen LogP contribution is 2.45. The van der Waals surface area contributed by atoms with Crippen molar-refractivity contribution in [1.82, 2.24) is 10.1 Å². The van der Waals surface area contributed by atoms with E-state index in [9.17, 15) is 8.78 Å². The van der Waals surface area contributed by atoms with Crippen LogP contribution < -0.4 is 0 Å². The standard InChI is InChI=1S/C17H26F2N2O3/c1-3-23-13(12-4-10-22-11-5-12)14-20-15(24-21-14)16(2)6-8-17(18,19)9-7-16/h12-13H,3-11H2,1-2H3. The Kier molecular flexibility index (Phi) is 5.20. The van der Waals surface area contributed by atoms with Gasteiger partial charge in [-0.15, -0.1) is 0 Å². The number of halogens is 2. The van der Waals surface area contributed by atoms with Crippen molar-refractivity contribution < 1.29 is 22.8 Å². The molecular weight excluding hydrogens is 318 g/mol. The first-order chi connectivity index (χ1) is 11.4. The maximum Gasteiger partial charge on any atom is 0.248 e. The molecule has 2 aliphatic rings. The molecule has 5 nitrogen and oxygen atoms in total. The zero-order valence-electron chi connectivity index (χ0n) is 14.4. The van der Waals surface area contributed by atoms with Gasteiger partial charge in [-0.05, 0) is 38.5 Å². The zero-order valence-corrected chi connectivity index (χ0v) is 14.4. The van der Waals surface area contributed by atoms with Gasteiger partial charge < -0.3 is 14.0 Å². The van der Waals surface area contributed by atoms with E-state index < -0.39 is 11.3 Å². The maximum absolute atomic E-state index is 13.4. The Labute approximate surface area is 141 Å². The fraction of sp³-hybridized carbons (Fsp3) is 0.882. The molecule has 0 N–H and O–H groups in total. The summed E-state index contributed by atoms with van der Waals surface area (Å²) in [4.78, 5) is 4.56. The minimum absolute atomic E-state index is 0.129. The molecule has 1 aliphatic carbocycles. The molecule has 1 atom stereocenters. The van der Waals surface area contributed by atoms with Crippen molar-refractivity contribution in [2.24, 2.45) is 5.92 Å². The van der Waals surface area contributed by atoms with E-state index in [1.165, 1.54) is 0 Å². The quantitative estimate of drug-likeness (QED) is 0.807. The van der Waals surface area contributed by atoms with E-state index in [1.807, 2.05) is 13.8 Å². The van der Waals surface area contributed by atoms with Crippen LogP contribution in [0.5, 0.6) is 0 Å². The van der Waals surface area contributed by atoms with Gasteiger partial charge in [-0.1, -0.05) is 12.1 Å². The molecule has 1 saturated carbocycles. The van der Waals surface area contributed by atoms with Crippen molar-refractivity contribution in [3.05, 3.63) is 11.7 Å². The monoisotopic (exact) mass is 344 g/mol. The van der Waals surface area contributed by atoms with Crippen LogP contribution in [0.3, 0.4) is 0 Å². The summed E-state index contributed by atoms with van der Waals surface area (Å²) < 4.78 is 43.6. The third-order valence-electron chi connectivity index (χ3n) is 5.34. The molecule has 1 unspecified atom stereocenters. The Morgan fingerprint density at radius 3 is 2.50 bits per heavy atom. The average Bonchev–Trinajstić information content (AvgIpc) is 3.07. The molecular formula is C17H26F2N2O3. The van der Waals surface area contributed by atoms with Crippen LogP contribution in [0.15, 0.2) is 4.52 Å². The molecule has 1 aliphatic heterocycles. The molecule has 1 saturated heterocycles. The first-order valence-electron chi connectivity index (χ1n) is 8.85. The summed E-state index contributed by atoms with van der Waals surface area (Å²) in [7, 11) is 0. The van der Waals surface area contributed by atoms with E-state index in [0.29, 0.717) is 50.3 Å². The molecule has 0 bridgehead atoms. The average molecular weight is 344 g/mol. The topological polar surface area (TPSA) is 57.4 Å². The zero-order chi connectivity index (χ0) is 17.2. The van der Waals surface area contributed by atoms with E-state index >= 15 is 0 Å². The first kappa shape index (κ1) is 17.7. The van der Waals surface area contributed by atoms with Crippen molar-refractivity contribution in [1.29, 1.82) is 0 Å². The molecule has 1 aromatic heterocycles. The number of aromatic nitrogens is 2. The summed E-state index contributed by atoms with van der Waals surface area (Å²) in [6.07, 6.45) is 2.04. The van der Waals surface area contributed by atoms with Gasteiger partial charge in [0.2, 0.25) is 17.6 Å². The molecule has 24 heavy (non-hydrogen) atoms. The maximum atomic E-state index is 13.4. The third kappa shape index (κ3) is 3.77. The van der Waals surface area contributed by atoms with Crippen molar-refractivity contribution in [2.75, 3.05) is 19.8 Å². The van der Waals surface area contributed by atoms with Crippen LogP contribution in [-0.4, -0.2) is 35.9 Å². The molecule has 0 amide bonds. The summed E-state index contributed by atoms with van der Waals surface area (Å²) >= 11 is 0. The number of alkyl halides is 2. The second kappa shape index (κ2) is 7.04. The second-order valence-electron chi connectivity index (χ2n) is 7.20. The highest BCUT2D eigenvalue weighted by molar-refractivity contribution is 5.08. The second-order valence-corrected chi connectivity index (χ2v) is 7.20. The lowest BCUT2D eigenvalue weighted by atomic mass is 9.74. The summed E-state index contributed by atoms with van der Waals surface area (Å²) in [6.45, 7) is 5.87. The summed E-state index contributed by atoms with van der Waals surface area (Å²) in [5, 5.41) is 4.13. The SMILES string of the molecule is CCOC(c1noc(C2(C)CCC(F)(F)CC2)n1)C1CCOCC1. The minimum Gasteiger partial charge on any atom is -0.381 e. The Morgan fingerprint density at radius 1 is 1.21 bits per heavy atom. The van der Waals surface area contributed by atoms with Crippen molar-refractivity contribution in [3.8, 4) is 0 Å². The first-order valence-corrected chi connectivity index (χ1v) is 8.85. The number of hydrogen-bond donors (Lipinski definition) is 0. The number of nitrogens with zero attached hydrogens (tertiary/aromatic N) is 2. The lowest BCUT2D eigenvalue weighted by Crippen LogP contribution is -2.34. The van der Waals surface area contributed by atoms with Crippen LogP contribution >= 0.6 is 0 Å². The predicted molar refractivity (Wildman–Crippen MR) is 83.0 cm³/mol. The Morgan fingerprint density at radius 2 is 1.88 bits per heavy atom. The molecule has 136 valence electrons. The highest BCUT2D eigenvalue weighted by Gasteiger charge is 2.45. The van der Waals surface area contributed by atoms with E-state index in [1.54, 1.807) is 0 Å². The molecule has 0 radical (unpaired) electrons. The van der Waals surface area contributed by atoms with Crippen molar-refractivity contribution >= 4 is 0 Å². The summed E-state index contributed by atoms with van der Waals surface area (Å²) in [5.41, 5.74) is -0.473. The van der Waals surface area contributed by atoms with Gasteiger partial charge in [-0.25, -0.2) is 8.78 Å². The van der Waals surface area contributed by atoms with Gasteiger partial charge in [0, 0.05) is 38.1 Å². The molecule has 0 spiro atoms. The van der Waals surface area contributed by atoms with Crippen molar-refractivity contribution in [2.45, 2.75) is 69.8 Å². The number of rotatable bonds is 5. The van der Waals surface area contributed by atoms with E-state index in [0.717, 1.165) is 12.8 Å². The Hall–Kier alpha value is -1.08. The molecule has 2 heterocycles. The largest absolute Gasteiger partial charge is 0.381 e. The molecule has 0 aromatic carbocycles. The van der Waals surface area contributed by atoms with Gasteiger partial charge in [0.05, 0.1) is 0 Å². The Balaban J connectivity index is 1.75. The van der Waals surface area contributed by atoms with Crippen molar-refractivity contribution in [3.63, 3.8) is 0 Å². The van der Waals surface area contributed by atoms with Crippen LogP contribution in [0.1, 0.15) is 70.2 Å². The van der Waals surface area contributed by atoms with Crippen LogP contribution in [0.2, 0.25) is 0 Å². The van der Waals surface area contributed by atoms with Crippen LogP contribution in [-0.2, 0) is 14.9 Å². The van der Waals surface area contributed by atoms with Crippen LogP contribution in [0.4, 0.5) is 8.78 Å². The number of ether oxygens (including phenoxy) is 2. The lowest BCUT2D eigenvalue weighted by Gasteiger charge is -2.34.